The standard InChI is InChI=1S/C27H22FN/c1-2-3-4-19-5-7-20(8-6-19)21-9-11-22(12-10-21)23-15-16-26-24(17-23)13-14-25(18-29)27(26)28/h5-17H,2-4H2,1H3. The molecule has 4 rings (SSSR count). The molecule has 29 heavy (non-hydrogen) atoms. The fourth-order valence-electron chi connectivity index (χ4n) is 3.66. The van der Waals surface area contributed by atoms with Gasteiger partial charge in [0.25, 0.3) is 0 Å². The Bertz CT molecular complexity index is 1180. The molecule has 0 bridgehead atoms. The Morgan fingerprint density at radius 3 is 1.97 bits per heavy atom. The van der Waals surface area contributed by atoms with Crippen molar-refractivity contribution in [1.29, 1.82) is 5.26 Å². The zero-order valence-corrected chi connectivity index (χ0v) is 16.5. The number of halogens is 1. The molecule has 0 aromatic heterocycles. The summed E-state index contributed by atoms with van der Waals surface area (Å²) in [6.07, 6.45) is 3.57. The number of hydrogen-bond acceptors (Lipinski definition) is 1. The van der Waals surface area contributed by atoms with Crippen molar-refractivity contribution in [1.82, 2.24) is 0 Å². The first-order chi connectivity index (χ1) is 14.2. The number of rotatable bonds is 5. The summed E-state index contributed by atoms with van der Waals surface area (Å²) in [5, 5.41) is 10.3. The van der Waals surface area contributed by atoms with Crippen molar-refractivity contribution in [2.75, 3.05) is 0 Å². The van der Waals surface area contributed by atoms with Crippen LogP contribution in [0.1, 0.15) is 30.9 Å². The van der Waals surface area contributed by atoms with Crippen LogP contribution in [0, 0.1) is 17.1 Å². The molecule has 1 nitrogen and oxygen atoms in total. The topological polar surface area (TPSA) is 23.8 Å². The molecule has 0 amide bonds. The van der Waals surface area contributed by atoms with E-state index in [0.29, 0.717) is 5.39 Å². The van der Waals surface area contributed by atoms with Gasteiger partial charge in [0.05, 0.1) is 5.56 Å². The van der Waals surface area contributed by atoms with Crippen LogP contribution in [0.3, 0.4) is 0 Å². The third-order valence-corrected chi connectivity index (χ3v) is 5.40. The highest BCUT2D eigenvalue weighted by molar-refractivity contribution is 5.89. The highest BCUT2D eigenvalue weighted by Crippen LogP contribution is 2.29. The van der Waals surface area contributed by atoms with Crippen molar-refractivity contribution >= 4 is 10.8 Å². The summed E-state index contributed by atoms with van der Waals surface area (Å²) in [4.78, 5) is 0. The van der Waals surface area contributed by atoms with Crippen LogP contribution in [0.4, 0.5) is 4.39 Å². The normalized spacial score (nSPS) is 10.8. The molecular weight excluding hydrogens is 357 g/mol. The van der Waals surface area contributed by atoms with Crippen molar-refractivity contribution in [3.05, 3.63) is 95.8 Å². The van der Waals surface area contributed by atoms with E-state index in [-0.39, 0.29) is 5.56 Å². The zero-order chi connectivity index (χ0) is 20.2. The molecule has 4 aromatic rings. The SMILES string of the molecule is CCCCc1ccc(-c2ccc(-c3ccc4c(F)c(C#N)ccc4c3)cc2)cc1. The lowest BCUT2D eigenvalue weighted by atomic mass is 9.97. The fraction of sp³-hybridized carbons (Fsp3) is 0.148. The number of aryl methyl sites for hydroxylation is 1. The highest BCUT2D eigenvalue weighted by Gasteiger charge is 2.08. The predicted molar refractivity (Wildman–Crippen MR) is 118 cm³/mol. The van der Waals surface area contributed by atoms with E-state index in [1.807, 2.05) is 18.2 Å². The molecule has 0 saturated carbocycles. The van der Waals surface area contributed by atoms with Gasteiger partial charge in [0.15, 0.2) is 0 Å². The van der Waals surface area contributed by atoms with Crippen molar-refractivity contribution in [3.8, 4) is 28.3 Å². The molecule has 0 aliphatic carbocycles. The quantitative estimate of drug-likeness (QED) is 0.351. The summed E-state index contributed by atoms with van der Waals surface area (Å²) in [6, 6.07) is 28.1. The van der Waals surface area contributed by atoms with Crippen LogP contribution < -0.4 is 0 Å². The van der Waals surface area contributed by atoms with Gasteiger partial charge in [-0.05, 0) is 58.2 Å². The molecule has 0 unspecified atom stereocenters. The van der Waals surface area contributed by atoms with Gasteiger partial charge in [0.1, 0.15) is 11.9 Å². The largest absolute Gasteiger partial charge is 0.205 e. The van der Waals surface area contributed by atoms with Crippen LogP contribution in [0.5, 0.6) is 0 Å². The molecule has 0 saturated heterocycles. The molecule has 0 radical (unpaired) electrons. The molecule has 0 aliphatic heterocycles. The van der Waals surface area contributed by atoms with Crippen molar-refractivity contribution in [2.24, 2.45) is 0 Å². The predicted octanol–water partition coefficient (Wildman–Crippen LogP) is 7.53. The van der Waals surface area contributed by atoms with Crippen molar-refractivity contribution in [3.63, 3.8) is 0 Å². The molecule has 0 heterocycles. The van der Waals surface area contributed by atoms with Crippen molar-refractivity contribution in [2.45, 2.75) is 26.2 Å². The van der Waals surface area contributed by atoms with Gasteiger partial charge in [-0.3, -0.25) is 0 Å². The van der Waals surface area contributed by atoms with Gasteiger partial charge >= 0.3 is 0 Å². The lowest BCUT2D eigenvalue weighted by molar-refractivity contribution is 0.636. The van der Waals surface area contributed by atoms with Gasteiger partial charge in [0.2, 0.25) is 0 Å². The summed E-state index contributed by atoms with van der Waals surface area (Å²) >= 11 is 0. The number of unbranched alkanes of at least 4 members (excludes halogenated alkanes) is 1. The van der Waals surface area contributed by atoms with E-state index >= 15 is 0 Å². The average molecular weight is 379 g/mol. The Kier molecular flexibility index (Phi) is 5.40. The summed E-state index contributed by atoms with van der Waals surface area (Å²) < 4.78 is 14.3. The monoisotopic (exact) mass is 379 g/mol. The maximum atomic E-state index is 14.3. The van der Waals surface area contributed by atoms with Crippen LogP contribution in [-0.4, -0.2) is 0 Å². The molecule has 0 atom stereocenters. The van der Waals surface area contributed by atoms with Gasteiger partial charge in [-0.25, -0.2) is 4.39 Å². The first-order valence-electron chi connectivity index (χ1n) is 10.0. The smallest absolute Gasteiger partial charge is 0.148 e. The van der Waals surface area contributed by atoms with Gasteiger partial charge in [-0.15, -0.1) is 0 Å². The van der Waals surface area contributed by atoms with E-state index in [4.69, 9.17) is 5.26 Å². The van der Waals surface area contributed by atoms with E-state index in [2.05, 4.69) is 55.5 Å². The maximum absolute atomic E-state index is 14.3. The number of nitriles is 1. The minimum Gasteiger partial charge on any atom is -0.205 e. The van der Waals surface area contributed by atoms with Crippen molar-refractivity contribution < 1.29 is 4.39 Å². The average Bonchev–Trinajstić information content (AvgIpc) is 2.78. The second-order valence-electron chi connectivity index (χ2n) is 7.35. The van der Waals surface area contributed by atoms with E-state index in [9.17, 15) is 4.39 Å². The van der Waals surface area contributed by atoms with Crippen LogP contribution in [0.25, 0.3) is 33.0 Å². The second kappa shape index (κ2) is 8.29. The first-order valence-corrected chi connectivity index (χ1v) is 10.0. The Morgan fingerprint density at radius 2 is 1.34 bits per heavy atom. The zero-order valence-electron chi connectivity index (χ0n) is 16.5. The summed E-state index contributed by atoms with van der Waals surface area (Å²) in [7, 11) is 0. The molecule has 0 aliphatic rings. The number of benzene rings is 4. The lowest BCUT2D eigenvalue weighted by Gasteiger charge is -2.08. The van der Waals surface area contributed by atoms with Gasteiger partial charge < -0.3 is 0 Å². The summed E-state index contributed by atoms with van der Waals surface area (Å²) in [5.41, 5.74) is 5.97. The van der Waals surface area contributed by atoms with Gasteiger partial charge in [-0.2, -0.15) is 5.26 Å². The number of nitrogens with zero attached hydrogens (tertiary/aromatic N) is 1. The summed E-state index contributed by atoms with van der Waals surface area (Å²) in [6.45, 7) is 2.21. The minimum absolute atomic E-state index is 0.0790. The van der Waals surface area contributed by atoms with Crippen LogP contribution >= 0.6 is 0 Å². The lowest BCUT2D eigenvalue weighted by Crippen LogP contribution is -1.87. The van der Waals surface area contributed by atoms with Crippen LogP contribution in [0.2, 0.25) is 0 Å². The first kappa shape index (κ1) is 18.9. The molecule has 142 valence electrons. The number of hydrogen-bond donors (Lipinski definition) is 0. The number of fused-ring (bicyclic) bond motifs is 1. The highest BCUT2D eigenvalue weighted by atomic mass is 19.1. The van der Waals surface area contributed by atoms with E-state index < -0.39 is 5.82 Å². The maximum Gasteiger partial charge on any atom is 0.148 e. The molecule has 4 aromatic carbocycles. The molecular formula is C27H22FN. The van der Waals surface area contributed by atoms with Gasteiger partial charge in [0, 0.05) is 5.39 Å². The van der Waals surface area contributed by atoms with E-state index in [1.165, 1.54) is 35.6 Å². The third kappa shape index (κ3) is 3.91. The minimum atomic E-state index is -0.450. The van der Waals surface area contributed by atoms with E-state index in [1.54, 1.807) is 12.1 Å². The molecule has 0 spiro atoms. The third-order valence-electron chi connectivity index (χ3n) is 5.40. The Labute approximate surface area is 171 Å². The second-order valence-corrected chi connectivity index (χ2v) is 7.35. The van der Waals surface area contributed by atoms with Gasteiger partial charge in [-0.1, -0.05) is 80.1 Å². The summed E-state index contributed by atoms with van der Waals surface area (Å²) in [5.74, 6) is -0.450. The molecule has 0 fully saturated rings. The molecule has 0 N–H and O–H groups in total. The Balaban J connectivity index is 1.60. The van der Waals surface area contributed by atoms with Crippen LogP contribution in [-0.2, 0) is 6.42 Å². The molecule has 2 heteroatoms. The Morgan fingerprint density at radius 1 is 0.759 bits per heavy atom. The van der Waals surface area contributed by atoms with Crippen LogP contribution in [0.15, 0.2) is 78.9 Å². The van der Waals surface area contributed by atoms with E-state index in [0.717, 1.165) is 22.9 Å². The Hall–Kier alpha value is -3.44. The fourth-order valence-corrected chi connectivity index (χ4v) is 3.66.